The standard InChI is InChI=1S/C18H33N5O3/c1-20(14-17(24)25)23-8-4-15(5-9-23)18(26)22-12-10-21(11-13-22)16-2-6-19-7-3-16/h15-16,19H,2-14H2,1H3,(H,24,25). The molecule has 3 aliphatic rings. The fraction of sp³-hybridized carbons (Fsp3) is 0.889. The number of carbonyl (C=O) groups excluding carboxylic acids is 1. The van der Waals surface area contributed by atoms with Crippen molar-refractivity contribution in [3.63, 3.8) is 0 Å². The smallest absolute Gasteiger partial charge is 0.319 e. The Balaban J connectivity index is 1.41. The summed E-state index contributed by atoms with van der Waals surface area (Å²) in [6, 6.07) is 0.682. The molecule has 0 spiro atoms. The molecule has 0 bridgehead atoms. The molecule has 3 heterocycles. The first-order valence-corrected chi connectivity index (χ1v) is 9.96. The van der Waals surface area contributed by atoms with Gasteiger partial charge in [-0.2, -0.15) is 0 Å². The van der Waals surface area contributed by atoms with Crippen molar-refractivity contribution in [3.05, 3.63) is 0 Å². The number of carboxylic acid groups (broad SMARTS) is 1. The van der Waals surface area contributed by atoms with Gasteiger partial charge < -0.3 is 15.3 Å². The molecule has 0 aromatic rings. The molecule has 148 valence electrons. The second-order valence-corrected chi connectivity index (χ2v) is 7.78. The van der Waals surface area contributed by atoms with Crippen LogP contribution < -0.4 is 5.32 Å². The van der Waals surface area contributed by atoms with Crippen LogP contribution in [0, 0.1) is 5.92 Å². The van der Waals surface area contributed by atoms with E-state index in [4.69, 9.17) is 5.11 Å². The fourth-order valence-electron chi connectivity index (χ4n) is 4.49. The molecule has 26 heavy (non-hydrogen) atoms. The summed E-state index contributed by atoms with van der Waals surface area (Å²) < 4.78 is 0. The molecule has 2 N–H and O–H groups in total. The zero-order valence-electron chi connectivity index (χ0n) is 15.9. The van der Waals surface area contributed by atoms with Gasteiger partial charge in [0, 0.05) is 58.3 Å². The Morgan fingerprint density at radius 2 is 1.62 bits per heavy atom. The van der Waals surface area contributed by atoms with Gasteiger partial charge in [0.2, 0.25) is 5.91 Å². The predicted octanol–water partition coefficient (Wildman–Crippen LogP) is -0.474. The first-order valence-electron chi connectivity index (χ1n) is 9.96. The number of hydrazine groups is 1. The molecule has 0 aromatic carbocycles. The zero-order valence-corrected chi connectivity index (χ0v) is 15.9. The maximum Gasteiger partial charge on any atom is 0.319 e. The third-order valence-electron chi connectivity index (χ3n) is 6.12. The molecule has 0 radical (unpaired) electrons. The lowest BCUT2D eigenvalue weighted by atomic mass is 9.95. The highest BCUT2D eigenvalue weighted by Crippen LogP contribution is 2.22. The quantitative estimate of drug-likeness (QED) is 0.680. The number of carboxylic acids is 1. The van der Waals surface area contributed by atoms with Crippen molar-refractivity contribution in [3.8, 4) is 0 Å². The van der Waals surface area contributed by atoms with E-state index in [1.807, 2.05) is 5.01 Å². The summed E-state index contributed by atoms with van der Waals surface area (Å²) in [7, 11) is 1.80. The predicted molar refractivity (Wildman–Crippen MR) is 98.6 cm³/mol. The van der Waals surface area contributed by atoms with E-state index in [0.717, 1.165) is 65.2 Å². The number of piperidine rings is 2. The summed E-state index contributed by atoms with van der Waals surface area (Å²) >= 11 is 0. The Morgan fingerprint density at radius 1 is 1.00 bits per heavy atom. The van der Waals surface area contributed by atoms with Gasteiger partial charge in [0.25, 0.3) is 0 Å². The molecule has 3 rings (SSSR count). The number of nitrogens with one attached hydrogen (secondary N) is 1. The normalized spacial score (nSPS) is 24.9. The van der Waals surface area contributed by atoms with E-state index in [2.05, 4.69) is 15.1 Å². The minimum absolute atomic E-state index is 0.0112. The molecule has 3 saturated heterocycles. The van der Waals surface area contributed by atoms with Crippen LogP contribution in [0.15, 0.2) is 0 Å². The summed E-state index contributed by atoms with van der Waals surface area (Å²) in [5, 5.41) is 16.1. The number of carbonyl (C=O) groups is 2. The molecule has 0 saturated carbocycles. The molecular weight excluding hydrogens is 334 g/mol. The van der Waals surface area contributed by atoms with Crippen LogP contribution in [-0.4, -0.2) is 109 Å². The number of hydrogen-bond donors (Lipinski definition) is 2. The molecule has 3 fully saturated rings. The second-order valence-electron chi connectivity index (χ2n) is 7.78. The van der Waals surface area contributed by atoms with Crippen molar-refractivity contribution in [2.75, 3.05) is 66.0 Å². The van der Waals surface area contributed by atoms with Crippen molar-refractivity contribution >= 4 is 11.9 Å². The molecule has 0 unspecified atom stereocenters. The van der Waals surface area contributed by atoms with Gasteiger partial charge >= 0.3 is 5.97 Å². The minimum Gasteiger partial charge on any atom is -0.480 e. The summed E-state index contributed by atoms with van der Waals surface area (Å²) in [6.07, 6.45) is 4.07. The summed E-state index contributed by atoms with van der Waals surface area (Å²) in [5.41, 5.74) is 0. The molecule has 0 aromatic heterocycles. The van der Waals surface area contributed by atoms with Gasteiger partial charge in [-0.3, -0.25) is 14.5 Å². The van der Waals surface area contributed by atoms with E-state index in [1.165, 1.54) is 12.8 Å². The number of hydrogen-bond acceptors (Lipinski definition) is 6. The summed E-state index contributed by atoms with van der Waals surface area (Å²) in [5.74, 6) is -0.428. The van der Waals surface area contributed by atoms with Crippen LogP contribution in [-0.2, 0) is 9.59 Å². The van der Waals surface area contributed by atoms with Crippen molar-refractivity contribution in [2.45, 2.75) is 31.7 Å². The first kappa shape index (κ1) is 19.5. The van der Waals surface area contributed by atoms with Crippen LogP contribution in [0.2, 0.25) is 0 Å². The van der Waals surface area contributed by atoms with E-state index in [1.54, 1.807) is 12.1 Å². The summed E-state index contributed by atoms with van der Waals surface area (Å²) in [6.45, 7) is 7.44. The highest BCUT2D eigenvalue weighted by atomic mass is 16.4. The highest BCUT2D eigenvalue weighted by molar-refractivity contribution is 5.79. The van der Waals surface area contributed by atoms with Gasteiger partial charge in [0.15, 0.2) is 0 Å². The Labute approximate surface area is 156 Å². The lowest BCUT2D eigenvalue weighted by Gasteiger charge is -2.43. The van der Waals surface area contributed by atoms with Crippen LogP contribution in [0.3, 0.4) is 0 Å². The SMILES string of the molecule is CN(CC(=O)O)N1CCC(C(=O)N2CCN(C3CCNCC3)CC2)CC1. The molecular formula is C18H33N5O3. The van der Waals surface area contributed by atoms with Crippen molar-refractivity contribution in [1.82, 2.24) is 25.1 Å². The second kappa shape index (κ2) is 9.12. The largest absolute Gasteiger partial charge is 0.480 e. The zero-order chi connectivity index (χ0) is 18.5. The van der Waals surface area contributed by atoms with Gasteiger partial charge in [-0.05, 0) is 38.8 Å². The van der Waals surface area contributed by atoms with Gasteiger partial charge in [0.05, 0.1) is 0 Å². The average Bonchev–Trinajstić information content (AvgIpc) is 2.68. The Morgan fingerprint density at radius 3 is 2.19 bits per heavy atom. The van der Waals surface area contributed by atoms with Crippen molar-refractivity contribution < 1.29 is 14.7 Å². The lowest BCUT2D eigenvalue weighted by molar-refractivity contribution is -0.147. The van der Waals surface area contributed by atoms with Gasteiger partial charge in [-0.25, -0.2) is 10.0 Å². The number of likely N-dealkylation sites (N-methyl/N-ethyl adjacent to an activating group) is 1. The van der Waals surface area contributed by atoms with E-state index >= 15 is 0 Å². The molecule has 0 aliphatic carbocycles. The third kappa shape index (κ3) is 4.94. The van der Waals surface area contributed by atoms with E-state index < -0.39 is 5.97 Å². The van der Waals surface area contributed by atoms with Crippen LogP contribution in [0.4, 0.5) is 0 Å². The van der Waals surface area contributed by atoms with Crippen molar-refractivity contribution in [2.24, 2.45) is 5.92 Å². The topological polar surface area (TPSA) is 79.4 Å². The molecule has 8 heteroatoms. The number of piperazine rings is 1. The van der Waals surface area contributed by atoms with Crippen molar-refractivity contribution in [1.29, 1.82) is 0 Å². The Bertz CT molecular complexity index is 481. The summed E-state index contributed by atoms with van der Waals surface area (Å²) in [4.78, 5) is 28.3. The number of rotatable bonds is 5. The highest BCUT2D eigenvalue weighted by Gasteiger charge is 2.33. The van der Waals surface area contributed by atoms with E-state index in [-0.39, 0.29) is 12.5 Å². The Kier molecular flexibility index (Phi) is 6.86. The Hall–Kier alpha value is -1.22. The molecule has 0 atom stereocenters. The number of nitrogens with zero attached hydrogens (tertiary/aromatic N) is 4. The van der Waals surface area contributed by atoms with E-state index in [9.17, 15) is 9.59 Å². The average molecular weight is 367 g/mol. The monoisotopic (exact) mass is 367 g/mol. The number of amides is 1. The van der Waals surface area contributed by atoms with E-state index in [0.29, 0.717) is 11.9 Å². The maximum atomic E-state index is 12.9. The van der Waals surface area contributed by atoms with Crippen LogP contribution in [0.5, 0.6) is 0 Å². The van der Waals surface area contributed by atoms with Crippen LogP contribution in [0.25, 0.3) is 0 Å². The van der Waals surface area contributed by atoms with Crippen LogP contribution >= 0.6 is 0 Å². The molecule has 8 nitrogen and oxygen atoms in total. The molecule has 1 amide bonds. The lowest BCUT2D eigenvalue weighted by Crippen LogP contribution is -2.56. The fourth-order valence-corrected chi connectivity index (χ4v) is 4.49. The van der Waals surface area contributed by atoms with Gasteiger partial charge in [-0.1, -0.05) is 0 Å². The van der Waals surface area contributed by atoms with Gasteiger partial charge in [-0.15, -0.1) is 0 Å². The minimum atomic E-state index is -0.822. The first-order chi connectivity index (χ1) is 12.5. The molecule has 3 aliphatic heterocycles. The third-order valence-corrected chi connectivity index (χ3v) is 6.12. The number of aliphatic carboxylic acids is 1. The van der Waals surface area contributed by atoms with Gasteiger partial charge in [0.1, 0.15) is 6.54 Å². The van der Waals surface area contributed by atoms with Crippen LogP contribution in [0.1, 0.15) is 25.7 Å². The maximum absolute atomic E-state index is 12.9.